The fraction of sp³-hybridized carbons (Fsp3) is 0.417. The molecule has 4 rings (SSSR count). The second-order valence-corrected chi connectivity index (χ2v) is 9.06. The number of nitrogens with one attached hydrogen (secondary N) is 2. The Hall–Kier alpha value is -3.24. The number of nitro benzene ring substituents is 1. The highest BCUT2D eigenvalue weighted by Gasteiger charge is 2.24. The summed E-state index contributed by atoms with van der Waals surface area (Å²) in [6.07, 6.45) is 2.27. The van der Waals surface area contributed by atoms with E-state index in [1.54, 1.807) is 12.1 Å². The van der Waals surface area contributed by atoms with Crippen molar-refractivity contribution in [1.29, 1.82) is 0 Å². The molecule has 2 aliphatic rings. The molecule has 0 spiro atoms. The maximum absolute atomic E-state index is 12.8. The van der Waals surface area contributed by atoms with Gasteiger partial charge in [-0.15, -0.1) is 0 Å². The third-order valence-corrected chi connectivity index (χ3v) is 6.49. The summed E-state index contributed by atoms with van der Waals surface area (Å²) in [6.45, 7) is 6.36. The number of hydrogen-bond acceptors (Lipinski definition) is 7. The quantitative estimate of drug-likeness (QED) is 0.376. The van der Waals surface area contributed by atoms with Crippen molar-refractivity contribution in [2.45, 2.75) is 19.8 Å². The van der Waals surface area contributed by atoms with Crippen LogP contribution in [-0.2, 0) is 4.74 Å². The molecule has 180 valence electrons. The molecule has 2 aliphatic heterocycles. The number of benzene rings is 2. The van der Waals surface area contributed by atoms with Crippen LogP contribution < -0.4 is 20.4 Å². The van der Waals surface area contributed by atoms with Gasteiger partial charge in [0.05, 0.1) is 29.5 Å². The fourth-order valence-corrected chi connectivity index (χ4v) is 4.52. The van der Waals surface area contributed by atoms with Crippen LogP contribution in [0.1, 0.15) is 30.1 Å². The first-order chi connectivity index (χ1) is 16.4. The number of thiocarbonyl (C=S) groups is 1. The minimum Gasteiger partial charge on any atom is -0.378 e. The van der Waals surface area contributed by atoms with Gasteiger partial charge in [0.2, 0.25) is 0 Å². The van der Waals surface area contributed by atoms with Crippen molar-refractivity contribution in [3.8, 4) is 0 Å². The van der Waals surface area contributed by atoms with Gasteiger partial charge in [0.1, 0.15) is 5.69 Å². The average molecular weight is 484 g/mol. The maximum Gasteiger partial charge on any atom is 0.293 e. The molecule has 0 unspecified atom stereocenters. The second kappa shape index (κ2) is 10.8. The molecule has 2 aromatic rings. The van der Waals surface area contributed by atoms with Gasteiger partial charge in [-0.25, -0.2) is 0 Å². The average Bonchev–Trinajstić information content (AvgIpc) is 2.85. The van der Waals surface area contributed by atoms with Gasteiger partial charge in [-0.3, -0.25) is 20.2 Å². The zero-order valence-electron chi connectivity index (χ0n) is 19.2. The summed E-state index contributed by atoms with van der Waals surface area (Å²) in [6, 6.07) is 12.3. The molecule has 0 bridgehead atoms. The molecule has 2 heterocycles. The highest BCUT2D eigenvalue weighted by Crippen LogP contribution is 2.31. The Kier molecular flexibility index (Phi) is 7.59. The summed E-state index contributed by atoms with van der Waals surface area (Å²) in [7, 11) is 0. The number of rotatable bonds is 5. The van der Waals surface area contributed by atoms with E-state index in [0.717, 1.165) is 43.2 Å². The number of carbonyl (C=O) groups excluding carboxylic acids is 1. The van der Waals surface area contributed by atoms with Gasteiger partial charge in [-0.2, -0.15) is 0 Å². The number of carbonyl (C=O) groups is 1. The number of anilines is 3. The van der Waals surface area contributed by atoms with Gasteiger partial charge in [0.25, 0.3) is 11.6 Å². The number of para-hydroxylation sites is 2. The molecule has 2 saturated heterocycles. The van der Waals surface area contributed by atoms with Gasteiger partial charge in [0.15, 0.2) is 5.11 Å². The summed E-state index contributed by atoms with van der Waals surface area (Å²) >= 11 is 5.39. The Bertz CT molecular complexity index is 1070. The molecular weight excluding hydrogens is 454 g/mol. The van der Waals surface area contributed by atoms with Gasteiger partial charge in [0, 0.05) is 37.8 Å². The van der Waals surface area contributed by atoms with Gasteiger partial charge in [-0.05, 0) is 55.2 Å². The van der Waals surface area contributed by atoms with Crippen LogP contribution in [0, 0.1) is 16.0 Å². The molecule has 2 fully saturated rings. The lowest BCUT2D eigenvalue weighted by atomic mass is 9.98. The summed E-state index contributed by atoms with van der Waals surface area (Å²) in [5, 5.41) is 17.6. The van der Waals surface area contributed by atoms with E-state index in [2.05, 4.69) is 22.5 Å². The van der Waals surface area contributed by atoms with E-state index in [9.17, 15) is 14.9 Å². The molecule has 34 heavy (non-hydrogen) atoms. The molecule has 2 N–H and O–H groups in total. The summed E-state index contributed by atoms with van der Waals surface area (Å²) in [4.78, 5) is 28.3. The van der Waals surface area contributed by atoms with Crippen LogP contribution in [0.5, 0.6) is 0 Å². The molecular formula is C24H29N5O4S. The Morgan fingerprint density at radius 1 is 1.06 bits per heavy atom. The third kappa shape index (κ3) is 5.63. The molecule has 0 radical (unpaired) electrons. The van der Waals surface area contributed by atoms with Crippen molar-refractivity contribution in [3.63, 3.8) is 0 Å². The lowest BCUT2D eigenvalue weighted by Gasteiger charge is -2.33. The molecule has 0 atom stereocenters. The van der Waals surface area contributed by atoms with E-state index in [1.807, 2.05) is 29.2 Å². The van der Waals surface area contributed by atoms with Crippen LogP contribution in [-0.4, -0.2) is 55.3 Å². The van der Waals surface area contributed by atoms with Crippen LogP contribution in [0.25, 0.3) is 0 Å². The number of morpholine rings is 1. The van der Waals surface area contributed by atoms with Crippen molar-refractivity contribution in [3.05, 3.63) is 58.1 Å². The van der Waals surface area contributed by atoms with Crippen LogP contribution in [0.4, 0.5) is 22.7 Å². The number of hydrogen-bond donors (Lipinski definition) is 2. The highest BCUT2D eigenvalue weighted by atomic mass is 32.1. The molecule has 1 amide bonds. The van der Waals surface area contributed by atoms with Crippen molar-refractivity contribution in [2.24, 2.45) is 5.92 Å². The maximum atomic E-state index is 12.8. The van der Waals surface area contributed by atoms with E-state index in [4.69, 9.17) is 17.0 Å². The molecule has 0 aromatic heterocycles. The van der Waals surface area contributed by atoms with Crippen LogP contribution in [0.2, 0.25) is 0 Å². The molecule has 2 aromatic carbocycles. The number of piperidine rings is 1. The third-order valence-electron chi connectivity index (χ3n) is 6.29. The zero-order valence-corrected chi connectivity index (χ0v) is 20.0. The normalized spacial score (nSPS) is 16.7. The summed E-state index contributed by atoms with van der Waals surface area (Å²) < 4.78 is 5.33. The first kappa shape index (κ1) is 23.9. The number of nitro groups is 1. The highest BCUT2D eigenvalue weighted by molar-refractivity contribution is 7.80. The molecule has 0 saturated carbocycles. The van der Waals surface area contributed by atoms with E-state index in [-0.39, 0.29) is 16.4 Å². The number of nitrogens with zero attached hydrogens (tertiary/aromatic N) is 3. The first-order valence-corrected chi connectivity index (χ1v) is 11.9. The van der Waals surface area contributed by atoms with Gasteiger partial charge >= 0.3 is 0 Å². The summed E-state index contributed by atoms with van der Waals surface area (Å²) in [5.41, 5.74) is 2.40. The Labute approximate surface area is 204 Å². The molecule has 10 heteroatoms. The lowest BCUT2D eigenvalue weighted by Crippen LogP contribution is -2.37. The van der Waals surface area contributed by atoms with E-state index in [0.29, 0.717) is 32.0 Å². The number of ether oxygens (including phenoxy) is 1. The SMILES string of the molecule is CC1CCN(c2ccccc2NC(=S)NC(=O)c2ccc(N3CCOCC3)c([N+](=O)[O-])c2)CC1. The van der Waals surface area contributed by atoms with Crippen LogP contribution in [0.3, 0.4) is 0 Å². The number of amides is 1. The predicted octanol–water partition coefficient (Wildman–Crippen LogP) is 3.79. The fourth-order valence-electron chi connectivity index (χ4n) is 4.32. The largest absolute Gasteiger partial charge is 0.378 e. The van der Waals surface area contributed by atoms with E-state index >= 15 is 0 Å². The lowest BCUT2D eigenvalue weighted by molar-refractivity contribution is -0.384. The van der Waals surface area contributed by atoms with Gasteiger partial charge in [-0.1, -0.05) is 19.1 Å². The summed E-state index contributed by atoms with van der Waals surface area (Å²) in [5.74, 6) is 0.217. The topological polar surface area (TPSA) is 100.0 Å². The van der Waals surface area contributed by atoms with Crippen LogP contribution >= 0.6 is 12.2 Å². The monoisotopic (exact) mass is 483 g/mol. The molecule has 0 aliphatic carbocycles. The Morgan fingerprint density at radius 3 is 2.44 bits per heavy atom. The van der Waals surface area contributed by atoms with E-state index in [1.165, 1.54) is 6.07 Å². The smallest absolute Gasteiger partial charge is 0.293 e. The van der Waals surface area contributed by atoms with Crippen molar-refractivity contribution >= 4 is 46.0 Å². The Balaban J connectivity index is 1.45. The van der Waals surface area contributed by atoms with Crippen molar-refractivity contribution < 1.29 is 14.5 Å². The van der Waals surface area contributed by atoms with Crippen LogP contribution in [0.15, 0.2) is 42.5 Å². The van der Waals surface area contributed by atoms with Crippen molar-refractivity contribution in [2.75, 3.05) is 54.5 Å². The molecule has 9 nitrogen and oxygen atoms in total. The minimum absolute atomic E-state index is 0.113. The van der Waals surface area contributed by atoms with E-state index < -0.39 is 10.8 Å². The standard InChI is InChI=1S/C24H29N5O4S/c1-17-8-10-27(11-9-17)20-5-3-2-4-19(20)25-24(34)26-23(30)18-6-7-21(22(16-18)29(31)32)28-12-14-33-15-13-28/h2-7,16-17H,8-15H2,1H3,(H2,25,26,30,34). The van der Waals surface area contributed by atoms with Crippen molar-refractivity contribution in [1.82, 2.24) is 5.32 Å². The minimum atomic E-state index is -0.501. The van der Waals surface area contributed by atoms with Gasteiger partial charge < -0.3 is 19.9 Å². The Morgan fingerprint density at radius 2 is 1.74 bits per heavy atom. The first-order valence-electron chi connectivity index (χ1n) is 11.5. The second-order valence-electron chi connectivity index (χ2n) is 8.65. The predicted molar refractivity (Wildman–Crippen MR) is 137 cm³/mol. The zero-order chi connectivity index (χ0) is 24.1.